The van der Waals surface area contributed by atoms with Gasteiger partial charge in [0.2, 0.25) is 5.91 Å². The van der Waals surface area contributed by atoms with Crippen LogP contribution in [-0.4, -0.2) is 43.0 Å². The number of piperidine rings is 1. The molecule has 2 aliphatic rings. The van der Waals surface area contributed by atoms with Crippen molar-refractivity contribution in [1.82, 2.24) is 4.90 Å². The van der Waals surface area contributed by atoms with Gasteiger partial charge in [-0.05, 0) is 64.4 Å². The van der Waals surface area contributed by atoms with Crippen LogP contribution in [0.5, 0.6) is 0 Å². The number of nitrogens with zero attached hydrogens (tertiary/aromatic N) is 1. The summed E-state index contributed by atoms with van der Waals surface area (Å²) in [5.41, 5.74) is 7.94. The van der Waals surface area contributed by atoms with Crippen molar-refractivity contribution >= 4 is 17.3 Å². The quantitative estimate of drug-likeness (QED) is 0.794. The van der Waals surface area contributed by atoms with Crippen LogP contribution in [0.25, 0.3) is 0 Å². The summed E-state index contributed by atoms with van der Waals surface area (Å²) >= 11 is 0. The Hall–Kier alpha value is -1.59. The molecule has 1 aliphatic heterocycles. The number of carbonyl (C=O) groups excluding carboxylic acids is 1. The number of nitrogens with two attached hydrogens (primary N) is 1. The monoisotopic (exact) mass is 330 g/mol. The Morgan fingerprint density at radius 3 is 2.54 bits per heavy atom. The van der Waals surface area contributed by atoms with Crippen LogP contribution in [0.3, 0.4) is 0 Å². The third-order valence-electron chi connectivity index (χ3n) is 5.35. The van der Waals surface area contributed by atoms with E-state index in [1.54, 1.807) is 0 Å². The summed E-state index contributed by atoms with van der Waals surface area (Å²) in [5, 5.41) is 6.75. The lowest BCUT2D eigenvalue weighted by molar-refractivity contribution is -0.120. The minimum absolute atomic E-state index is 0.0464. The van der Waals surface area contributed by atoms with Crippen LogP contribution < -0.4 is 16.4 Å². The number of hydrogen-bond acceptors (Lipinski definition) is 4. The first-order chi connectivity index (χ1) is 11.6. The molecule has 0 spiro atoms. The van der Waals surface area contributed by atoms with Gasteiger partial charge in [-0.3, -0.25) is 4.79 Å². The Balaban J connectivity index is 1.62. The molecule has 1 saturated heterocycles. The predicted molar refractivity (Wildman–Crippen MR) is 99.1 cm³/mol. The third kappa shape index (κ3) is 4.48. The zero-order valence-electron chi connectivity index (χ0n) is 14.6. The molecule has 0 bridgehead atoms. The van der Waals surface area contributed by atoms with Crippen molar-refractivity contribution in [3.05, 3.63) is 24.3 Å². The highest BCUT2D eigenvalue weighted by Gasteiger charge is 2.26. The molecule has 0 radical (unpaired) electrons. The van der Waals surface area contributed by atoms with Gasteiger partial charge in [0.15, 0.2) is 0 Å². The van der Waals surface area contributed by atoms with E-state index in [1.807, 2.05) is 18.2 Å². The second kappa shape index (κ2) is 7.99. The van der Waals surface area contributed by atoms with Gasteiger partial charge < -0.3 is 21.3 Å². The smallest absolute Gasteiger partial charge is 0.227 e. The van der Waals surface area contributed by atoms with Gasteiger partial charge in [0, 0.05) is 18.0 Å². The van der Waals surface area contributed by atoms with E-state index in [0.717, 1.165) is 63.0 Å². The fraction of sp³-hybridized carbons (Fsp3) is 0.632. The maximum absolute atomic E-state index is 12.6. The number of benzene rings is 1. The highest BCUT2D eigenvalue weighted by molar-refractivity contribution is 5.95. The zero-order valence-corrected chi connectivity index (χ0v) is 14.6. The maximum Gasteiger partial charge on any atom is 0.227 e. The molecule has 24 heavy (non-hydrogen) atoms. The number of hydrogen-bond donors (Lipinski definition) is 3. The van der Waals surface area contributed by atoms with Crippen molar-refractivity contribution < 1.29 is 4.79 Å². The summed E-state index contributed by atoms with van der Waals surface area (Å²) in [5.74, 6) is 0.160. The van der Waals surface area contributed by atoms with Gasteiger partial charge in [0.25, 0.3) is 0 Å². The van der Waals surface area contributed by atoms with Crippen molar-refractivity contribution in [2.45, 2.75) is 50.6 Å². The molecule has 1 aliphatic carbocycles. The van der Waals surface area contributed by atoms with Crippen molar-refractivity contribution in [2.24, 2.45) is 11.7 Å². The summed E-state index contributed by atoms with van der Waals surface area (Å²) in [6, 6.07) is 8.67. The van der Waals surface area contributed by atoms with Crippen LogP contribution in [0.2, 0.25) is 0 Å². The Morgan fingerprint density at radius 2 is 1.83 bits per heavy atom. The molecule has 1 amide bonds. The van der Waals surface area contributed by atoms with E-state index in [4.69, 9.17) is 5.73 Å². The maximum atomic E-state index is 12.6. The van der Waals surface area contributed by atoms with Gasteiger partial charge in [-0.25, -0.2) is 0 Å². The summed E-state index contributed by atoms with van der Waals surface area (Å²) < 4.78 is 0. The van der Waals surface area contributed by atoms with Gasteiger partial charge in [0.05, 0.1) is 11.4 Å². The molecule has 3 rings (SSSR count). The lowest BCUT2D eigenvalue weighted by Crippen LogP contribution is -2.37. The number of anilines is 2. The molecule has 2 unspecified atom stereocenters. The summed E-state index contributed by atoms with van der Waals surface area (Å²) in [6.45, 7) is 2.23. The van der Waals surface area contributed by atoms with Gasteiger partial charge in [-0.15, -0.1) is 0 Å². The van der Waals surface area contributed by atoms with Gasteiger partial charge >= 0.3 is 0 Å². The van der Waals surface area contributed by atoms with E-state index in [1.165, 1.54) is 0 Å². The Bertz CT molecular complexity index is 554. The van der Waals surface area contributed by atoms with E-state index in [0.29, 0.717) is 6.04 Å². The molecule has 1 heterocycles. The second-order valence-electron chi connectivity index (χ2n) is 7.38. The van der Waals surface area contributed by atoms with E-state index in [-0.39, 0.29) is 17.9 Å². The number of likely N-dealkylation sites (tertiary alicyclic amines) is 1. The van der Waals surface area contributed by atoms with Crippen LogP contribution in [0.4, 0.5) is 11.4 Å². The van der Waals surface area contributed by atoms with Crippen molar-refractivity contribution in [2.75, 3.05) is 30.8 Å². The SMILES string of the molecule is CN1CCC(Nc2ccccc2NC(=O)C2CCCC(N)C2)CC1. The minimum atomic E-state index is 0.0464. The van der Waals surface area contributed by atoms with Crippen LogP contribution in [0.1, 0.15) is 38.5 Å². The molecule has 1 aromatic rings. The summed E-state index contributed by atoms with van der Waals surface area (Å²) in [4.78, 5) is 15.0. The molecule has 2 atom stereocenters. The number of carbonyl (C=O) groups is 1. The first-order valence-corrected chi connectivity index (χ1v) is 9.22. The molecule has 5 nitrogen and oxygen atoms in total. The topological polar surface area (TPSA) is 70.4 Å². The molecule has 2 fully saturated rings. The third-order valence-corrected chi connectivity index (χ3v) is 5.35. The van der Waals surface area contributed by atoms with Crippen LogP contribution >= 0.6 is 0 Å². The first kappa shape index (κ1) is 17.2. The second-order valence-corrected chi connectivity index (χ2v) is 7.38. The molecule has 1 saturated carbocycles. The van der Waals surface area contributed by atoms with Gasteiger partial charge in [-0.2, -0.15) is 0 Å². The number of amides is 1. The van der Waals surface area contributed by atoms with E-state index >= 15 is 0 Å². The number of rotatable bonds is 4. The average molecular weight is 330 g/mol. The number of para-hydroxylation sites is 2. The number of nitrogens with one attached hydrogen (secondary N) is 2. The van der Waals surface area contributed by atoms with Crippen molar-refractivity contribution in [1.29, 1.82) is 0 Å². The van der Waals surface area contributed by atoms with Gasteiger partial charge in [0.1, 0.15) is 0 Å². The minimum Gasteiger partial charge on any atom is -0.381 e. The van der Waals surface area contributed by atoms with E-state index in [2.05, 4.69) is 28.6 Å². The highest BCUT2D eigenvalue weighted by Crippen LogP contribution is 2.28. The van der Waals surface area contributed by atoms with E-state index < -0.39 is 0 Å². The lowest BCUT2D eigenvalue weighted by atomic mass is 9.85. The van der Waals surface area contributed by atoms with Crippen LogP contribution in [0, 0.1) is 5.92 Å². The predicted octanol–water partition coefficient (Wildman–Crippen LogP) is 2.65. The standard InChI is InChI=1S/C19H30N4O/c1-23-11-9-16(10-12-23)21-17-7-2-3-8-18(17)22-19(24)14-5-4-6-15(20)13-14/h2-3,7-8,14-16,21H,4-6,9-13,20H2,1H3,(H,22,24). The largest absolute Gasteiger partial charge is 0.381 e. The lowest BCUT2D eigenvalue weighted by Gasteiger charge is -2.31. The molecule has 0 aromatic heterocycles. The molecular weight excluding hydrogens is 300 g/mol. The van der Waals surface area contributed by atoms with Crippen LogP contribution in [0.15, 0.2) is 24.3 Å². The Kier molecular flexibility index (Phi) is 5.74. The molecule has 5 heteroatoms. The fourth-order valence-corrected chi connectivity index (χ4v) is 3.79. The first-order valence-electron chi connectivity index (χ1n) is 9.22. The molecule has 1 aromatic carbocycles. The molecule has 132 valence electrons. The van der Waals surface area contributed by atoms with Crippen LogP contribution in [-0.2, 0) is 4.79 Å². The van der Waals surface area contributed by atoms with Gasteiger partial charge in [-0.1, -0.05) is 18.6 Å². The average Bonchev–Trinajstić information content (AvgIpc) is 2.58. The zero-order chi connectivity index (χ0) is 16.9. The normalized spacial score (nSPS) is 26.1. The molecule has 4 N–H and O–H groups in total. The summed E-state index contributed by atoms with van der Waals surface area (Å²) in [6.07, 6.45) is 6.11. The van der Waals surface area contributed by atoms with Crippen molar-refractivity contribution in [3.63, 3.8) is 0 Å². The Morgan fingerprint density at radius 1 is 1.12 bits per heavy atom. The molecular formula is C19H30N4O. The Labute approximate surface area is 145 Å². The summed E-state index contributed by atoms with van der Waals surface area (Å²) in [7, 11) is 2.17. The van der Waals surface area contributed by atoms with E-state index in [9.17, 15) is 4.79 Å². The van der Waals surface area contributed by atoms with Crippen molar-refractivity contribution in [3.8, 4) is 0 Å². The highest BCUT2D eigenvalue weighted by atomic mass is 16.1. The fourth-order valence-electron chi connectivity index (χ4n) is 3.79.